The van der Waals surface area contributed by atoms with E-state index in [1.54, 1.807) is 0 Å². The summed E-state index contributed by atoms with van der Waals surface area (Å²) in [7, 11) is 0. The molecule has 1 aliphatic rings. The molecular weight excluding hydrogens is 240 g/mol. The maximum atomic E-state index is 9.02. The molecule has 0 saturated carbocycles. The Labute approximate surface area is 115 Å². The third-order valence-electron chi connectivity index (χ3n) is 4.00. The smallest absolute Gasteiger partial charge is 0.108 e. The molecule has 1 saturated heterocycles. The Balaban J connectivity index is 1.78. The Kier molecular flexibility index (Phi) is 5.34. The molecule has 0 spiro atoms. The number of aliphatic hydroxyl groups is 1. The van der Waals surface area contributed by atoms with Crippen LogP contribution in [0.4, 0.5) is 0 Å². The zero-order chi connectivity index (χ0) is 13.7. The molecule has 1 aromatic rings. The van der Waals surface area contributed by atoms with Crippen molar-refractivity contribution in [3.63, 3.8) is 0 Å². The molecular formula is C14H26N4O. The number of likely N-dealkylation sites (tertiary alicyclic amines) is 1. The van der Waals surface area contributed by atoms with Gasteiger partial charge in [-0.1, -0.05) is 25.5 Å². The first kappa shape index (κ1) is 14.5. The summed E-state index contributed by atoms with van der Waals surface area (Å²) < 4.78 is 1.93. The van der Waals surface area contributed by atoms with E-state index in [2.05, 4.69) is 29.1 Å². The average molecular weight is 266 g/mol. The monoisotopic (exact) mass is 266 g/mol. The number of rotatable bonds is 6. The largest absolute Gasteiger partial charge is 0.390 e. The van der Waals surface area contributed by atoms with Crippen LogP contribution in [0.2, 0.25) is 0 Å². The molecule has 108 valence electrons. The Bertz CT molecular complexity index is 371. The highest BCUT2D eigenvalue weighted by Crippen LogP contribution is 2.22. The molecule has 5 heteroatoms. The van der Waals surface area contributed by atoms with E-state index in [0.29, 0.717) is 11.7 Å². The van der Waals surface area contributed by atoms with Crippen molar-refractivity contribution in [2.24, 2.45) is 5.92 Å². The van der Waals surface area contributed by atoms with E-state index < -0.39 is 0 Å². The molecule has 1 N–H and O–H groups in total. The van der Waals surface area contributed by atoms with Crippen LogP contribution in [0.5, 0.6) is 0 Å². The second-order valence-corrected chi connectivity index (χ2v) is 5.77. The molecule has 2 heterocycles. The average Bonchev–Trinajstić information content (AvgIpc) is 2.88. The van der Waals surface area contributed by atoms with E-state index in [9.17, 15) is 0 Å². The number of piperidine rings is 1. The van der Waals surface area contributed by atoms with Gasteiger partial charge in [0.2, 0.25) is 0 Å². The first-order valence-corrected chi connectivity index (χ1v) is 7.46. The third kappa shape index (κ3) is 4.01. The van der Waals surface area contributed by atoms with Crippen LogP contribution >= 0.6 is 0 Å². The van der Waals surface area contributed by atoms with Gasteiger partial charge in [0.15, 0.2) is 0 Å². The minimum atomic E-state index is -0.0205. The fraction of sp³-hybridized carbons (Fsp3) is 0.857. The van der Waals surface area contributed by atoms with Crippen LogP contribution in [0, 0.1) is 5.92 Å². The van der Waals surface area contributed by atoms with E-state index in [1.807, 2.05) is 10.9 Å². The molecule has 2 rings (SSSR count). The predicted molar refractivity (Wildman–Crippen MR) is 74.7 cm³/mol. The zero-order valence-electron chi connectivity index (χ0n) is 12.1. The molecule has 1 aromatic heterocycles. The van der Waals surface area contributed by atoms with Crippen LogP contribution in [0.3, 0.4) is 0 Å². The Hall–Kier alpha value is -0.940. The molecule has 1 atom stereocenters. The fourth-order valence-electron chi connectivity index (χ4n) is 2.96. The Morgan fingerprint density at radius 3 is 2.74 bits per heavy atom. The van der Waals surface area contributed by atoms with E-state index in [1.165, 1.54) is 19.4 Å². The van der Waals surface area contributed by atoms with Crippen molar-refractivity contribution in [3.05, 3.63) is 11.9 Å². The maximum absolute atomic E-state index is 9.02. The third-order valence-corrected chi connectivity index (χ3v) is 4.00. The molecule has 0 aliphatic carbocycles. The minimum Gasteiger partial charge on any atom is -0.390 e. The van der Waals surface area contributed by atoms with Gasteiger partial charge in [-0.15, -0.1) is 5.10 Å². The first-order chi connectivity index (χ1) is 9.22. The SMILES string of the molecule is CCCC(C)CN1CCC(n2cc(CO)nn2)CC1. The van der Waals surface area contributed by atoms with E-state index >= 15 is 0 Å². The molecule has 19 heavy (non-hydrogen) atoms. The van der Waals surface area contributed by atoms with Crippen molar-refractivity contribution in [1.29, 1.82) is 0 Å². The number of aromatic nitrogens is 3. The quantitative estimate of drug-likeness (QED) is 0.853. The molecule has 1 unspecified atom stereocenters. The van der Waals surface area contributed by atoms with Crippen molar-refractivity contribution in [1.82, 2.24) is 19.9 Å². The number of aliphatic hydroxyl groups excluding tert-OH is 1. The summed E-state index contributed by atoms with van der Waals surface area (Å²) in [5.74, 6) is 0.800. The number of nitrogens with zero attached hydrogens (tertiary/aromatic N) is 4. The van der Waals surface area contributed by atoms with Crippen LogP contribution in [-0.4, -0.2) is 44.6 Å². The van der Waals surface area contributed by atoms with Gasteiger partial charge >= 0.3 is 0 Å². The Morgan fingerprint density at radius 2 is 2.16 bits per heavy atom. The van der Waals surface area contributed by atoms with Crippen molar-refractivity contribution in [2.75, 3.05) is 19.6 Å². The summed E-state index contributed by atoms with van der Waals surface area (Å²) in [6.07, 6.45) is 6.74. The summed E-state index contributed by atoms with van der Waals surface area (Å²) in [6.45, 7) is 8.10. The number of hydrogen-bond acceptors (Lipinski definition) is 4. The summed E-state index contributed by atoms with van der Waals surface area (Å²) >= 11 is 0. The van der Waals surface area contributed by atoms with Gasteiger partial charge in [-0.05, 0) is 25.2 Å². The standard InChI is InChI=1S/C14H26N4O/c1-3-4-12(2)9-17-7-5-14(6-8-17)18-10-13(11-19)15-16-18/h10,12,14,19H,3-9,11H2,1-2H3. The van der Waals surface area contributed by atoms with Gasteiger partial charge < -0.3 is 10.0 Å². The summed E-state index contributed by atoms with van der Waals surface area (Å²) in [6, 6.07) is 0.450. The van der Waals surface area contributed by atoms with Crippen LogP contribution in [0.15, 0.2) is 6.20 Å². The summed E-state index contributed by atoms with van der Waals surface area (Å²) in [4.78, 5) is 2.57. The lowest BCUT2D eigenvalue weighted by Gasteiger charge is -2.33. The highest BCUT2D eigenvalue weighted by molar-refractivity contribution is 4.91. The molecule has 0 amide bonds. The lowest BCUT2D eigenvalue weighted by Crippen LogP contribution is -2.37. The maximum Gasteiger partial charge on any atom is 0.108 e. The fourth-order valence-corrected chi connectivity index (χ4v) is 2.96. The molecule has 1 fully saturated rings. The minimum absolute atomic E-state index is 0.0205. The van der Waals surface area contributed by atoms with E-state index in [4.69, 9.17) is 5.11 Å². The second-order valence-electron chi connectivity index (χ2n) is 5.77. The van der Waals surface area contributed by atoms with Crippen molar-refractivity contribution < 1.29 is 5.11 Å². The summed E-state index contributed by atoms with van der Waals surface area (Å²) in [5, 5.41) is 17.1. The van der Waals surface area contributed by atoms with Crippen LogP contribution in [-0.2, 0) is 6.61 Å². The highest BCUT2D eigenvalue weighted by atomic mass is 16.3. The van der Waals surface area contributed by atoms with Gasteiger partial charge in [-0.25, -0.2) is 4.68 Å². The molecule has 0 bridgehead atoms. The van der Waals surface area contributed by atoms with Crippen LogP contribution in [0.25, 0.3) is 0 Å². The predicted octanol–water partition coefficient (Wildman–Crippen LogP) is 1.84. The van der Waals surface area contributed by atoms with Gasteiger partial charge in [-0.2, -0.15) is 0 Å². The van der Waals surface area contributed by atoms with Gasteiger partial charge in [0.1, 0.15) is 5.69 Å². The van der Waals surface area contributed by atoms with Crippen LogP contribution in [0.1, 0.15) is 51.3 Å². The summed E-state index contributed by atoms with van der Waals surface area (Å²) in [5.41, 5.74) is 0.666. The normalized spacial score (nSPS) is 19.7. The van der Waals surface area contributed by atoms with E-state index in [-0.39, 0.29) is 6.61 Å². The molecule has 5 nitrogen and oxygen atoms in total. The van der Waals surface area contributed by atoms with Gasteiger partial charge in [-0.3, -0.25) is 0 Å². The number of hydrogen-bond donors (Lipinski definition) is 1. The molecule has 1 aliphatic heterocycles. The van der Waals surface area contributed by atoms with Crippen molar-refractivity contribution in [2.45, 2.75) is 52.2 Å². The van der Waals surface area contributed by atoms with Crippen molar-refractivity contribution in [3.8, 4) is 0 Å². The van der Waals surface area contributed by atoms with E-state index in [0.717, 1.165) is 31.8 Å². The van der Waals surface area contributed by atoms with Crippen molar-refractivity contribution >= 4 is 0 Å². The molecule has 0 aromatic carbocycles. The lowest BCUT2D eigenvalue weighted by atomic mass is 10.0. The lowest BCUT2D eigenvalue weighted by molar-refractivity contribution is 0.157. The zero-order valence-corrected chi connectivity index (χ0v) is 12.1. The Morgan fingerprint density at radius 1 is 1.42 bits per heavy atom. The van der Waals surface area contributed by atoms with Crippen LogP contribution < -0.4 is 0 Å². The van der Waals surface area contributed by atoms with Gasteiger partial charge in [0, 0.05) is 19.6 Å². The molecule has 0 radical (unpaired) electrons. The second kappa shape index (κ2) is 7.01. The first-order valence-electron chi connectivity index (χ1n) is 7.46. The van der Waals surface area contributed by atoms with Gasteiger partial charge in [0.25, 0.3) is 0 Å². The van der Waals surface area contributed by atoms with Gasteiger partial charge in [0.05, 0.1) is 18.8 Å². The topological polar surface area (TPSA) is 54.2 Å². The highest BCUT2D eigenvalue weighted by Gasteiger charge is 2.22.